The number of alkyl halides is 2. The lowest BCUT2D eigenvalue weighted by Gasteiger charge is -2.51. The molecular weight excluding hydrogens is 282 g/mol. The van der Waals surface area contributed by atoms with Crippen LogP contribution in [0.3, 0.4) is 0 Å². The van der Waals surface area contributed by atoms with Crippen LogP contribution < -0.4 is 0 Å². The third kappa shape index (κ3) is 2.46. The zero-order chi connectivity index (χ0) is 15.1. The maximum Gasteiger partial charge on any atom is 0.328 e. The van der Waals surface area contributed by atoms with Gasteiger partial charge in [-0.05, 0) is 18.4 Å². The van der Waals surface area contributed by atoms with Crippen LogP contribution in [0.1, 0.15) is 24.8 Å². The first-order chi connectivity index (χ1) is 9.94. The summed E-state index contributed by atoms with van der Waals surface area (Å²) in [6.07, 6.45) is -3.38. The molecule has 2 aliphatic heterocycles. The Bertz CT molecular complexity index is 496. The first kappa shape index (κ1) is 14.8. The van der Waals surface area contributed by atoms with Gasteiger partial charge in [0, 0.05) is 6.42 Å². The molecule has 0 amide bonds. The number of aliphatic hydroxyl groups excluding tert-OH is 1. The van der Waals surface area contributed by atoms with Crippen LogP contribution in [0.2, 0.25) is 0 Å². The molecule has 21 heavy (non-hydrogen) atoms. The zero-order valence-electron chi connectivity index (χ0n) is 11.4. The SMILES string of the molecule is O[C@H]1[C@@H]2CCC[C@@](O)(O2)C(F)(F)[C@@H]1OCc1ccccc1. The van der Waals surface area contributed by atoms with E-state index >= 15 is 0 Å². The van der Waals surface area contributed by atoms with Crippen LogP contribution in [0.15, 0.2) is 30.3 Å². The van der Waals surface area contributed by atoms with Crippen LogP contribution in [-0.2, 0) is 16.1 Å². The van der Waals surface area contributed by atoms with E-state index in [9.17, 15) is 19.0 Å². The second-order valence-electron chi connectivity index (χ2n) is 5.66. The molecule has 0 aromatic heterocycles. The van der Waals surface area contributed by atoms with Crippen LogP contribution >= 0.6 is 0 Å². The molecule has 0 aliphatic carbocycles. The van der Waals surface area contributed by atoms with E-state index in [4.69, 9.17) is 9.47 Å². The molecule has 4 nitrogen and oxygen atoms in total. The summed E-state index contributed by atoms with van der Waals surface area (Å²) in [5.74, 6) is -6.20. The summed E-state index contributed by atoms with van der Waals surface area (Å²) in [4.78, 5) is 0. The first-order valence-corrected chi connectivity index (χ1v) is 7.06. The van der Waals surface area contributed by atoms with Crippen molar-refractivity contribution < 1.29 is 28.5 Å². The molecule has 2 heterocycles. The highest BCUT2D eigenvalue weighted by Gasteiger charge is 2.68. The average Bonchev–Trinajstić information content (AvgIpc) is 2.47. The molecule has 2 saturated heterocycles. The predicted molar refractivity (Wildman–Crippen MR) is 69.6 cm³/mol. The minimum Gasteiger partial charge on any atom is -0.387 e. The highest BCUT2D eigenvalue weighted by Crippen LogP contribution is 2.48. The van der Waals surface area contributed by atoms with Gasteiger partial charge >= 0.3 is 5.92 Å². The monoisotopic (exact) mass is 300 g/mol. The standard InChI is InChI=1S/C15H18F2O4/c16-15(17)13(20-9-10-5-2-1-3-6-10)12(18)11-7-4-8-14(15,19)21-11/h1-3,5-6,11-13,18-19H,4,7-9H2/t11-,12-,13+,14+/m0/s1. The molecule has 1 aromatic carbocycles. The molecule has 0 radical (unpaired) electrons. The molecule has 116 valence electrons. The number of rotatable bonds is 3. The third-order valence-electron chi connectivity index (χ3n) is 4.19. The van der Waals surface area contributed by atoms with E-state index < -0.39 is 30.0 Å². The average molecular weight is 300 g/mol. The van der Waals surface area contributed by atoms with E-state index in [1.165, 1.54) is 0 Å². The van der Waals surface area contributed by atoms with Gasteiger partial charge in [0.15, 0.2) is 6.10 Å². The predicted octanol–water partition coefficient (Wildman–Crippen LogP) is 1.84. The maximum absolute atomic E-state index is 14.4. The molecular formula is C15H18F2O4. The Hall–Kier alpha value is -1.08. The van der Waals surface area contributed by atoms with Gasteiger partial charge < -0.3 is 19.7 Å². The van der Waals surface area contributed by atoms with Gasteiger partial charge in [-0.2, -0.15) is 8.78 Å². The van der Waals surface area contributed by atoms with Gasteiger partial charge in [-0.3, -0.25) is 0 Å². The van der Waals surface area contributed by atoms with Crippen molar-refractivity contribution in [1.29, 1.82) is 0 Å². The Kier molecular flexibility index (Phi) is 3.73. The summed E-state index contributed by atoms with van der Waals surface area (Å²) >= 11 is 0. The molecule has 3 rings (SSSR count). The second-order valence-corrected chi connectivity index (χ2v) is 5.66. The zero-order valence-corrected chi connectivity index (χ0v) is 11.4. The number of hydrogen-bond acceptors (Lipinski definition) is 4. The lowest BCUT2D eigenvalue weighted by Crippen LogP contribution is -2.70. The molecule has 4 atom stereocenters. The summed E-state index contributed by atoms with van der Waals surface area (Å²) in [5, 5.41) is 20.1. The molecule has 0 unspecified atom stereocenters. The second kappa shape index (κ2) is 5.28. The van der Waals surface area contributed by atoms with Crippen molar-refractivity contribution >= 4 is 0 Å². The van der Waals surface area contributed by atoms with Crippen molar-refractivity contribution in [3.63, 3.8) is 0 Å². The Morgan fingerprint density at radius 3 is 2.71 bits per heavy atom. The highest BCUT2D eigenvalue weighted by molar-refractivity contribution is 5.14. The van der Waals surface area contributed by atoms with E-state index in [1.807, 2.05) is 6.07 Å². The molecule has 0 saturated carbocycles. The van der Waals surface area contributed by atoms with Crippen molar-refractivity contribution in [3.8, 4) is 0 Å². The van der Waals surface area contributed by atoms with Gasteiger partial charge in [0.1, 0.15) is 6.10 Å². The van der Waals surface area contributed by atoms with Gasteiger partial charge in [-0.25, -0.2) is 0 Å². The van der Waals surface area contributed by atoms with Crippen molar-refractivity contribution in [2.75, 3.05) is 0 Å². The van der Waals surface area contributed by atoms with Gasteiger partial charge in [-0.15, -0.1) is 0 Å². The molecule has 2 aliphatic rings. The summed E-state index contributed by atoms with van der Waals surface area (Å²) < 4.78 is 39.1. The van der Waals surface area contributed by atoms with E-state index in [2.05, 4.69) is 0 Å². The van der Waals surface area contributed by atoms with Crippen molar-refractivity contribution in [1.82, 2.24) is 0 Å². The van der Waals surface area contributed by atoms with Crippen LogP contribution in [-0.4, -0.2) is 40.2 Å². The summed E-state index contributed by atoms with van der Waals surface area (Å²) in [5.41, 5.74) is 0.726. The van der Waals surface area contributed by atoms with Crippen LogP contribution in [0.5, 0.6) is 0 Å². The molecule has 6 heteroatoms. The van der Waals surface area contributed by atoms with E-state index in [1.54, 1.807) is 24.3 Å². The normalized spacial score (nSPS) is 38.2. The number of fused-ring (bicyclic) bond motifs is 2. The van der Waals surface area contributed by atoms with Gasteiger partial charge in [0.2, 0.25) is 5.79 Å². The summed E-state index contributed by atoms with van der Waals surface area (Å²) in [6.45, 7) is -0.0546. The van der Waals surface area contributed by atoms with Crippen LogP contribution in [0.4, 0.5) is 8.78 Å². The van der Waals surface area contributed by atoms with Crippen LogP contribution in [0, 0.1) is 0 Å². The molecule has 2 N–H and O–H groups in total. The van der Waals surface area contributed by atoms with Crippen LogP contribution in [0.25, 0.3) is 0 Å². The lowest BCUT2D eigenvalue weighted by atomic mass is 9.82. The summed E-state index contributed by atoms with van der Waals surface area (Å²) in [6, 6.07) is 8.87. The molecule has 2 fully saturated rings. The number of halogens is 2. The number of aliphatic hydroxyl groups is 2. The van der Waals surface area contributed by atoms with E-state index in [-0.39, 0.29) is 13.0 Å². The fourth-order valence-electron chi connectivity index (χ4n) is 2.99. The molecule has 1 aromatic rings. The first-order valence-electron chi connectivity index (χ1n) is 7.06. The number of benzene rings is 1. The van der Waals surface area contributed by atoms with Crippen molar-refractivity contribution in [2.24, 2.45) is 0 Å². The third-order valence-corrected chi connectivity index (χ3v) is 4.19. The fourth-order valence-corrected chi connectivity index (χ4v) is 2.99. The number of hydrogen-bond donors (Lipinski definition) is 2. The van der Waals surface area contributed by atoms with Gasteiger partial charge in [0.25, 0.3) is 0 Å². The van der Waals surface area contributed by atoms with Crippen molar-refractivity contribution in [2.45, 2.75) is 55.9 Å². The topological polar surface area (TPSA) is 58.9 Å². The van der Waals surface area contributed by atoms with Crippen molar-refractivity contribution in [3.05, 3.63) is 35.9 Å². The Balaban J connectivity index is 1.79. The molecule has 2 bridgehead atoms. The Labute approximate surface area is 121 Å². The van der Waals surface area contributed by atoms with Gasteiger partial charge in [-0.1, -0.05) is 30.3 Å². The number of ether oxygens (including phenoxy) is 2. The summed E-state index contributed by atoms with van der Waals surface area (Å²) in [7, 11) is 0. The minimum atomic E-state index is -3.65. The van der Waals surface area contributed by atoms with Gasteiger partial charge in [0.05, 0.1) is 12.7 Å². The van der Waals surface area contributed by atoms with E-state index in [0.717, 1.165) is 5.56 Å². The molecule has 0 spiro atoms. The smallest absolute Gasteiger partial charge is 0.328 e. The van der Waals surface area contributed by atoms with E-state index in [0.29, 0.717) is 12.8 Å². The maximum atomic E-state index is 14.4. The fraction of sp³-hybridized carbons (Fsp3) is 0.600. The Morgan fingerprint density at radius 1 is 1.29 bits per heavy atom. The largest absolute Gasteiger partial charge is 0.387 e. The quantitative estimate of drug-likeness (QED) is 0.894. The lowest BCUT2D eigenvalue weighted by molar-refractivity contribution is -0.420. The Morgan fingerprint density at radius 2 is 2.00 bits per heavy atom. The minimum absolute atomic E-state index is 0.0546. The highest BCUT2D eigenvalue weighted by atomic mass is 19.3.